The fourth-order valence-corrected chi connectivity index (χ4v) is 5.24. The molecule has 2 aromatic carbocycles. The Morgan fingerprint density at radius 2 is 1.64 bits per heavy atom. The Hall–Kier alpha value is -3.68. The summed E-state index contributed by atoms with van der Waals surface area (Å²) in [6, 6.07) is 18.5. The lowest BCUT2D eigenvalue weighted by molar-refractivity contribution is -0.135. The minimum absolute atomic E-state index is 0.0630. The number of carbonyl (C=O) groups is 1. The molecule has 8 heteroatoms. The molecular formula is C28H29ClN6O. The summed E-state index contributed by atoms with van der Waals surface area (Å²) < 4.78 is 0. The van der Waals surface area contributed by atoms with E-state index >= 15 is 0 Å². The number of nitrogens with zero attached hydrogens (tertiary/aromatic N) is 3. The molecule has 4 aliphatic rings. The molecule has 0 spiro atoms. The normalized spacial score (nSPS) is 21.7. The van der Waals surface area contributed by atoms with Crippen molar-refractivity contribution in [2.45, 2.75) is 12.3 Å². The number of piperazine rings is 1. The van der Waals surface area contributed by atoms with E-state index in [0.717, 1.165) is 35.9 Å². The van der Waals surface area contributed by atoms with E-state index in [0.29, 0.717) is 13.1 Å². The average molecular weight is 501 g/mol. The number of rotatable bonds is 5. The Labute approximate surface area is 216 Å². The topological polar surface area (TPSA) is 62.9 Å². The van der Waals surface area contributed by atoms with Gasteiger partial charge in [-0.05, 0) is 34.9 Å². The van der Waals surface area contributed by atoms with E-state index in [2.05, 4.69) is 80.5 Å². The molecule has 1 atom stereocenters. The first kappa shape index (κ1) is 22.8. The molecule has 4 heterocycles. The molecule has 0 radical (unpaired) electrons. The maximum atomic E-state index is 12.8. The van der Waals surface area contributed by atoms with E-state index in [1.54, 1.807) is 12.4 Å². The molecule has 1 saturated heterocycles. The molecule has 7 nitrogen and oxygen atoms in total. The molecule has 0 bridgehead atoms. The van der Waals surface area contributed by atoms with Crippen LogP contribution < -0.4 is 16.0 Å². The predicted octanol–water partition coefficient (Wildman–Crippen LogP) is 2.99. The van der Waals surface area contributed by atoms with Gasteiger partial charge < -0.3 is 25.8 Å². The van der Waals surface area contributed by atoms with Gasteiger partial charge in [0.1, 0.15) is 6.17 Å². The van der Waals surface area contributed by atoms with Gasteiger partial charge in [0.05, 0.1) is 11.4 Å². The summed E-state index contributed by atoms with van der Waals surface area (Å²) in [7, 11) is 0. The maximum absolute atomic E-state index is 12.8. The average Bonchev–Trinajstić information content (AvgIpc) is 3.58. The summed E-state index contributed by atoms with van der Waals surface area (Å²) in [6.45, 7) is 3.87. The SMILES string of the molecule is O=C(C1NC=CN1)N1CCN(CC2=C(c3ccc(Cl)cc3)NC3C=CC(c4ccccc4)=CN23)CC1. The highest BCUT2D eigenvalue weighted by Crippen LogP contribution is 2.34. The van der Waals surface area contributed by atoms with Gasteiger partial charge in [-0.3, -0.25) is 9.69 Å². The molecule has 1 amide bonds. The second-order valence-electron chi connectivity index (χ2n) is 9.34. The summed E-state index contributed by atoms with van der Waals surface area (Å²) in [6.07, 6.45) is 9.92. The Kier molecular flexibility index (Phi) is 6.17. The predicted molar refractivity (Wildman–Crippen MR) is 143 cm³/mol. The fraction of sp³-hybridized carbons (Fsp3) is 0.250. The number of benzene rings is 2. The van der Waals surface area contributed by atoms with Crippen LogP contribution in [0.3, 0.4) is 0 Å². The zero-order chi connectivity index (χ0) is 24.5. The van der Waals surface area contributed by atoms with Gasteiger partial charge in [-0.25, -0.2) is 0 Å². The number of amides is 1. The molecule has 1 fully saturated rings. The van der Waals surface area contributed by atoms with Gasteiger partial charge in [-0.15, -0.1) is 0 Å². The quantitative estimate of drug-likeness (QED) is 0.587. The molecular weight excluding hydrogens is 472 g/mol. The van der Waals surface area contributed by atoms with Crippen LogP contribution in [0.2, 0.25) is 5.02 Å². The van der Waals surface area contributed by atoms with Gasteiger partial charge in [0.25, 0.3) is 5.91 Å². The van der Waals surface area contributed by atoms with Crippen LogP contribution in [-0.2, 0) is 4.79 Å². The smallest absolute Gasteiger partial charge is 0.265 e. The largest absolute Gasteiger partial charge is 0.362 e. The van der Waals surface area contributed by atoms with E-state index in [9.17, 15) is 4.79 Å². The molecule has 0 aliphatic carbocycles. The van der Waals surface area contributed by atoms with Crippen molar-refractivity contribution in [3.8, 4) is 0 Å². The third-order valence-corrected chi connectivity index (χ3v) is 7.33. The van der Waals surface area contributed by atoms with Crippen molar-refractivity contribution < 1.29 is 4.79 Å². The van der Waals surface area contributed by atoms with Crippen LogP contribution in [0.1, 0.15) is 11.1 Å². The van der Waals surface area contributed by atoms with Gasteiger partial charge >= 0.3 is 0 Å². The van der Waals surface area contributed by atoms with Gasteiger partial charge in [-0.2, -0.15) is 0 Å². The number of hydrogen-bond donors (Lipinski definition) is 3. The maximum Gasteiger partial charge on any atom is 0.265 e. The third-order valence-electron chi connectivity index (χ3n) is 7.08. The Morgan fingerprint density at radius 1 is 0.917 bits per heavy atom. The molecule has 2 aromatic rings. The first-order valence-electron chi connectivity index (χ1n) is 12.3. The van der Waals surface area contributed by atoms with Crippen LogP contribution in [0.4, 0.5) is 0 Å². The minimum atomic E-state index is -0.350. The highest BCUT2D eigenvalue weighted by Gasteiger charge is 2.34. The van der Waals surface area contributed by atoms with Crippen molar-refractivity contribution in [3.63, 3.8) is 0 Å². The summed E-state index contributed by atoms with van der Waals surface area (Å²) >= 11 is 6.18. The summed E-state index contributed by atoms with van der Waals surface area (Å²) in [5.74, 6) is 0.0971. The number of halogens is 1. The molecule has 0 aromatic heterocycles. The van der Waals surface area contributed by atoms with Crippen LogP contribution in [0.5, 0.6) is 0 Å². The minimum Gasteiger partial charge on any atom is -0.362 e. The highest BCUT2D eigenvalue weighted by atomic mass is 35.5. The first-order chi connectivity index (χ1) is 17.7. The van der Waals surface area contributed by atoms with E-state index in [-0.39, 0.29) is 18.2 Å². The van der Waals surface area contributed by atoms with Crippen molar-refractivity contribution in [2.24, 2.45) is 0 Å². The molecule has 36 heavy (non-hydrogen) atoms. The van der Waals surface area contributed by atoms with Crippen LogP contribution in [0, 0.1) is 0 Å². The number of hydrogen-bond acceptors (Lipinski definition) is 6. The van der Waals surface area contributed by atoms with Crippen molar-refractivity contribution in [1.82, 2.24) is 30.7 Å². The highest BCUT2D eigenvalue weighted by molar-refractivity contribution is 6.30. The molecule has 6 rings (SSSR count). The number of allylic oxidation sites excluding steroid dienone is 2. The lowest BCUT2D eigenvalue weighted by atomic mass is 10.0. The number of nitrogens with one attached hydrogen (secondary N) is 3. The van der Waals surface area contributed by atoms with Crippen LogP contribution in [0.15, 0.2) is 91.0 Å². The second-order valence-corrected chi connectivity index (χ2v) is 9.77. The zero-order valence-electron chi connectivity index (χ0n) is 19.9. The monoisotopic (exact) mass is 500 g/mol. The Balaban J connectivity index is 1.24. The molecule has 4 aliphatic heterocycles. The van der Waals surface area contributed by atoms with Gasteiger partial charge in [0.2, 0.25) is 0 Å². The molecule has 0 saturated carbocycles. The van der Waals surface area contributed by atoms with Crippen molar-refractivity contribution in [1.29, 1.82) is 0 Å². The summed E-state index contributed by atoms with van der Waals surface area (Å²) in [4.78, 5) is 19.5. The second kappa shape index (κ2) is 9.76. The lowest BCUT2D eigenvalue weighted by Gasteiger charge is -2.37. The lowest BCUT2D eigenvalue weighted by Crippen LogP contribution is -2.55. The fourth-order valence-electron chi connectivity index (χ4n) is 5.11. The molecule has 184 valence electrons. The van der Waals surface area contributed by atoms with Gasteiger partial charge in [0, 0.05) is 56.3 Å². The number of carbonyl (C=O) groups excluding carboxylic acids is 1. The first-order valence-corrected chi connectivity index (χ1v) is 12.7. The molecule has 3 N–H and O–H groups in total. The standard InChI is InChI=1S/C28H29ClN6O/c29-23-9-6-21(7-10-23)26-24(19-33-14-16-34(17-15-33)28(36)27-30-12-13-31-27)35-18-22(8-11-25(35)32-26)20-4-2-1-3-5-20/h1-13,18,25,27,30-32H,14-17,19H2. The van der Waals surface area contributed by atoms with E-state index < -0.39 is 0 Å². The van der Waals surface area contributed by atoms with Crippen LogP contribution in [0.25, 0.3) is 11.3 Å². The van der Waals surface area contributed by atoms with Gasteiger partial charge in [-0.1, -0.05) is 60.1 Å². The summed E-state index contributed by atoms with van der Waals surface area (Å²) in [5.41, 5.74) is 5.84. The van der Waals surface area contributed by atoms with Gasteiger partial charge in [0.15, 0.2) is 6.17 Å². The van der Waals surface area contributed by atoms with Crippen molar-refractivity contribution in [3.05, 3.63) is 107 Å². The Bertz CT molecular complexity index is 1240. The van der Waals surface area contributed by atoms with Crippen LogP contribution >= 0.6 is 11.6 Å². The van der Waals surface area contributed by atoms with Crippen LogP contribution in [-0.4, -0.2) is 65.7 Å². The van der Waals surface area contributed by atoms with E-state index in [1.807, 2.05) is 23.1 Å². The Morgan fingerprint density at radius 3 is 2.36 bits per heavy atom. The van der Waals surface area contributed by atoms with Crippen molar-refractivity contribution >= 4 is 28.8 Å². The van der Waals surface area contributed by atoms with Crippen molar-refractivity contribution in [2.75, 3.05) is 32.7 Å². The molecule has 1 unspecified atom stereocenters. The van der Waals surface area contributed by atoms with E-state index in [1.165, 1.54) is 16.8 Å². The summed E-state index contributed by atoms with van der Waals surface area (Å²) in [5, 5.41) is 10.6. The zero-order valence-corrected chi connectivity index (χ0v) is 20.7. The third kappa shape index (κ3) is 4.47. The van der Waals surface area contributed by atoms with E-state index in [4.69, 9.17) is 11.6 Å². The number of fused-ring (bicyclic) bond motifs is 1.